The van der Waals surface area contributed by atoms with E-state index in [1.54, 1.807) is 14.2 Å². The van der Waals surface area contributed by atoms with Gasteiger partial charge in [-0.05, 0) is 67.8 Å². The van der Waals surface area contributed by atoms with Crippen molar-refractivity contribution in [2.24, 2.45) is 7.05 Å². The van der Waals surface area contributed by atoms with Gasteiger partial charge in [-0.15, -0.1) is 4.65 Å². The van der Waals surface area contributed by atoms with Gasteiger partial charge in [0.25, 0.3) is 0 Å². The van der Waals surface area contributed by atoms with E-state index in [-0.39, 0.29) is 17.4 Å². The highest BCUT2D eigenvalue weighted by Gasteiger charge is 2.47. The Morgan fingerprint density at radius 3 is 1.90 bits per heavy atom. The Morgan fingerprint density at radius 1 is 0.812 bits per heavy atom. The molecule has 1 unspecified atom stereocenters. The molecule has 255 valence electrons. The van der Waals surface area contributed by atoms with Gasteiger partial charge in [0.1, 0.15) is 56.0 Å². The number of hydroxylamine groups is 3. The van der Waals surface area contributed by atoms with E-state index in [1.807, 2.05) is 124 Å². The van der Waals surface area contributed by atoms with Crippen LogP contribution in [0.4, 0.5) is 0 Å². The summed E-state index contributed by atoms with van der Waals surface area (Å²) in [6.45, 7) is 8.31. The van der Waals surface area contributed by atoms with Crippen molar-refractivity contribution in [2.45, 2.75) is 51.1 Å². The van der Waals surface area contributed by atoms with Gasteiger partial charge in [0, 0.05) is 27.6 Å². The highest BCUT2D eigenvalue weighted by molar-refractivity contribution is 7.40. The summed E-state index contributed by atoms with van der Waals surface area (Å²) in [5.74, 6) is 1.49. The molecule has 0 N–H and O–H groups in total. The molecule has 10 heteroatoms. The lowest BCUT2D eigenvalue weighted by molar-refractivity contribution is -1.08. The molecule has 0 amide bonds. The first kappa shape index (κ1) is 35.9. The van der Waals surface area contributed by atoms with Crippen LogP contribution in [0, 0.1) is 0 Å². The predicted octanol–water partition coefficient (Wildman–Crippen LogP) is 6.95. The fourth-order valence-corrected chi connectivity index (χ4v) is 7.69. The summed E-state index contributed by atoms with van der Waals surface area (Å²) >= 11 is 0. The highest BCUT2D eigenvalue weighted by Crippen LogP contribution is 2.47. The molecule has 1 saturated heterocycles. The molecule has 1 aliphatic rings. The molecule has 1 aromatic heterocycles. The molecule has 48 heavy (non-hydrogen) atoms. The maximum absolute atomic E-state index is 13.5. The first-order chi connectivity index (χ1) is 23.3. The van der Waals surface area contributed by atoms with Crippen molar-refractivity contribution < 1.29 is 42.2 Å². The smallest absolute Gasteiger partial charge is 0.497 e. The number of methoxy groups -OCH3 is 2. The standard InChI is InChI=1S/C38H49N2O7P/c1-7-40(8-2,9-3)47-48(41)46-36-26-35(29-14-13-25-39(4)27-29)45-37(36)28-44-38(30-15-11-10-12-16-30,31-17-21-33(42-5)22-18-31)32-19-23-34(43-6)24-20-32/h10-25,27,35-37,48H,7-9,26,28H2,1-6H3/q+3/t35-,36+,37-/m1/s1. The third kappa shape index (κ3) is 7.90. The minimum atomic E-state index is -2.88. The SMILES string of the molecule is CC[N+](CC)(CC)O[PH+]([O])O[C@H]1C[C@H](c2ccc[n+](C)c2)O[C@@H]1COC(c1ccccc1)(c1ccc(OC)cc1)c1ccc(OC)cc1. The van der Waals surface area contributed by atoms with Crippen LogP contribution in [0.3, 0.4) is 0 Å². The van der Waals surface area contributed by atoms with Crippen molar-refractivity contribution in [1.82, 2.24) is 0 Å². The minimum Gasteiger partial charge on any atom is -0.497 e. The van der Waals surface area contributed by atoms with Crippen LogP contribution in [0.5, 0.6) is 11.5 Å². The van der Waals surface area contributed by atoms with Gasteiger partial charge in [-0.2, -0.15) is 4.52 Å². The maximum atomic E-state index is 13.5. The number of nitrogens with zero attached hydrogens (tertiary/aromatic N) is 2. The Morgan fingerprint density at radius 2 is 1.38 bits per heavy atom. The van der Waals surface area contributed by atoms with E-state index in [4.69, 9.17) is 28.1 Å². The number of quaternary nitrogens is 1. The van der Waals surface area contributed by atoms with E-state index >= 15 is 0 Å². The summed E-state index contributed by atoms with van der Waals surface area (Å²) < 4.78 is 39.5. The third-order valence-electron chi connectivity index (χ3n) is 9.42. The topological polar surface area (TPSA) is 79.2 Å². The second-order valence-corrected chi connectivity index (χ2v) is 12.9. The van der Waals surface area contributed by atoms with Crippen LogP contribution in [-0.2, 0) is 36.2 Å². The number of aryl methyl sites for hydroxylation is 1. The maximum Gasteiger partial charge on any atom is 0.507 e. The molecular formula is C38H49N2O7P+3. The molecule has 1 aliphatic heterocycles. The number of ether oxygens (including phenoxy) is 4. The second-order valence-electron chi connectivity index (χ2n) is 12.0. The first-order valence-corrected chi connectivity index (χ1v) is 17.9. The quantitative estimate of drug-likeness (QED) is 0.0421. The van der Waals surface area contributed by atoms with Gasteiger partial charge in [-0.25, -0.2) is 4.57 Å². The van der Waals surface area contributed by atoms with Crippen LogP contribution in [0.1, 0.15) is 55.5 Å². The summed E-state index contributed by atoms with van der Waals surface area (Å²) in [6, 6.07) is 30.0. The van der Waals surface area contributed by atoms with Crippen molar-refractivity contribution in [2.75, 3.05) is 40.5 Å². The fraction of sp³-hybridized carbons (Fsp3) is 0.395. The molecule has 4 aromatic rings. The summed E-state index contributed by atoms with van der Waals surface area (Å²) in [6.07, 6.45) is 3.19. The number of benzene rings is 3. The van der Waals surface area contributed by atoms with Crippen LogP contribution in [-0.4, -0.2) is 57.3 Å². The van der Waals surface area contributed by atoms with Gasteiger partial charge in [0.15, 0.2) is 12.4 Å². The molecule has 1 radical (unpaired) electrons. The monoisotopic (exact) mass is 676 g/mol. The zero-order valence-electron chi connectivity index (χ0n) is 28.8. The van der Waals surface area contributed by atoms with Gasteiger partial charge in [0.05, 0.1) is 26.9 Å². The third-order valence-corrected chi connectivity index (χ3v) is 10.4. The zero-order chi connectivity index (χ0) is 34.1. The largest absolute Gasteiger partial charge is 0.507 e. The fourth-order valence-electron chi connectivity index (χ4n) is 6.45. The highest BCUT2D eigenvalue weighted by atomic mass is 31.2. The van der Waals surface area contributed by atoms with Gasteiger partial charge in [0.2, 0.25) is 0 Å². The summed E-state index contributed by atoms with van der Waals surface area (Å²) in [7, 11) is 2.41. The van der Waals surface area contributed by atoms with Crippen molar-refractivity contribution >= 4 is 8.60 Å². The van der Waals surface area contributed by atoms with E-state index < -0.39 is 26.4 Å². The molecule has 3 aromatic carbocycles. The van der Waals surface area contributed by atoms with Crippen molar-refractivity contribution in [3.05, 3.63) is 126 Å². The molecule has 9 nitrogen and oxygen atoms in total. The normalized spacial score (nSPS) is 18.9. The van der Waals surface area contributed by atoms with Crippen molar-refractivity contribution in [3.8, 4) is 11.5 Å². The molecule has 0 aliphatic carbocycles. The molecule has 1 fully saturated rings. The Hall–Kier alpha value is -3.40. The zero-order valence-corrected chi connectivity index (χ0v) is 29.8. The van der Waals surface area contributed by atoms with Gasteiger partial charge >= 0.3 is 8.60 Å². The molecule has 0 spiro atoms. The Bertz CT molecular complexity index is 1510. The van der Waals surface area contributed by atoms with Crippen LogP contribution in [0.2, 0.25) is 0 Å². The lowest BCUT2D eigenvalue weighted by atomic mass is 9.80. The van der Waals surface area contributed by atoms with Crippen LogP contribution in [0.15, 0.2) is 103 Å². The number of hydrogen-bond donors (Lipinski definition) is 0. The lowest BCUT2D eigenvalue weighted by Gasteiger charge is -2.37. The number of rotatable bonds is 16. The van der Waals surface area contributed by atoms with E-state index in [9.17, 15) is 4.89 Å². The van der Waals surface area contributed by atoms with E-state index in [0.717, 1.165) is 33.8 Å². The predicted molar refractivity (Wildman–Crippen MR) is 185 cm³/mol. The number of pyridine rings is 1. The van der Waals surface area contributed by atoms with Crippen molar-refractivity contribution in [3.63, 3.8) is 0 Å². The average molecular weight is 677 g/mol. The Labute approximate surface area is 286 Å². The van der Waals surface area contributed by atoms with E-state index in [0.29, 0.717) is 26.1 Å². The Kier molecular flexibility index (Phi) is 12.2. The first-order valence-electron chi connectivity index (χ1n) is 16.6. The van der Waals surface area contributed by atoms with Gasteiger partial charge < -0.3 is 18.9 Å². The van der Waals surface area contributed by atoms with Gasteiger partial charge in [-0.1, -0.05) is 54.6 Å². The lowest BCUT2D eigenvalue weighted by Crippen LogP contribution is -2.46. The molecule has 0 bridgehead atoms. The minimum absolute atomic E-state index is 0.150. The average Bonchev–Trinajstić information content (AvgIpc) is 3.54. The molecule has 0 saturated carbocycles. The number of aromatic nitrogens is 1. The summed E-state index contributed by atoms with van der Waals surface area (Å²) in [4.78, 5) is 13.5. The second kappa shape index (κ2) is 16.3. The molecule has 5 rings (SSSR count). The van der Waals surface area contributed by atoms with Crippen LogP contribution < -0.4 is 14.0 Å². The van der Waals surface area contributed by atoms with Crippen LogP contribution in [0.25, 0.3) is 0 Å². The van der Waals surface area contributed by atoms with E-state index in [1.165, 1.54) is 0 Å². The van der Waals surface area contributed by atoms with Crippen molar-refractivity contribution in [1.29, 1.82) is 0 Å². The van der Waals surface area contributed by atoms with Crippen LogP contribution >= 0.6 is 8.60 Å². The number of hydrogen-bond acceptors (Lipinski definition) is 6. The summed E-state index contributed by atoms with van der Waals surface area (Å²) in [5.41, 5.74) is 2.74. The van der Waals surface area contributed by atoms with E-state index in [2.05, 4.69) is 12.1 Å². The van der Waals surface area contributed by atoms with Gasteiger partial charge in [-0.3, -0.25) is 0 Å². The molecule has 2 heterocycles. The molecule has 4 atom stereocenters. The Balaban J connectivity index is 1.53. The molecular weight excluding hydrogens is 627 g/mol. The summed E-state index contributed by atoms with van der Waals surface area (Å²) in [5, 5.41) is 0.